The third kappa shape index (κ3) is 2.88. The Morgan fingerprint density at radius 2 is 1.73 bits per heavy atom. The van der Waals surface area contributed by atoms with E-state index >= 15 is 0 Å². The van der Waals surface area contributed by atoms with E-state index in [1.54, 1.807) is 29.9 Å². The van der Waals surface area contributed by atoms with E-state index in [1.165, 1.54) is 0 Å². The van der Waals surface area contributed by atoms with Gasteiger partial charge < -0.3 is 0 Å². The number of nitrogens with one attached hydrogen (secondary N) is 1. The van der Waals surface area contributed by atoms with Crippen LogP contribution in [-0.2, 0) is 17.1 Å². The van der Waals surface area contributed by atoms with E-state index in [2.05, 4.69) is 0 Å². The van der Waals surface area contributed by atoms with Crippen LogP contribution in [0.4, 0.5) is 5.69 Å². The molecule has 0 bridgehead atoms. The minimum absolute atomic E-state index is 0. The molecule has 4 nitrogen and oxygen atoms in total. The molecule has 0 aromatic heterocycles. The van der Waals surface area contributed by atoms with Gasteiger partial charge in [0.05, 0.1) is 5.69 Å². The molecule has 0 spiro atoms. The first-order valence-electron chi connectivity index (χ1n) is 2.78. The van der Waals surface area contributed by atoms with E-state index in [4.69, 9.17) is 10.4 Å². The summed E-state index contributed by atoms with van der Waals surface area (Å²) in [6.07, 6.45) is 0. The maximum atomic E-state index is 8.80. The van der Waals surface area contributed by atoms with E-state index in [9.17, 15) is 0 Å². The van der Waals surface area contributed by atoms with Crippen LogP contribution in [-0.4, -0.2) is 10.4 Å². The molecular weight excluding hydrogens is 188 g/mol. The number of hydrogen-bond donors (Lipinski definition) is 3. The van der Waals surface area contributed by atoms with Crippen LogP contribution in [0.1, 0.15) is 0 Å². The smallest absolute Gasteiger partial charge is 0.0844 e. The summed E-state index contributed by atoms with van der Waals surface area (Å²) in [5, 5.41) is 17.5. The third-order valence-electron chi connectivity index (χ3n) is 1.10. The van der Waals surface area contributed by atoms with Crippen molar-refractivity contribution in [2.45, 2.75) is 0 Å². The van der Waals surface area contributed by atoms with Gasteiger partial charge in [-0.25, -0.2) is 0 Å². The van der Waals surface area contributed by atoms with Crippen LogP contribution < -0.4 is 10.8 Å². The van der Waals surface area contributed by atoms with Gasteiger partial charge in [0.15, 0.2) is 0 Å². The Kier molecular flexibility index (Phi) is 4.85. The Hall–Kier alpha value is -0.581. The number of hydrazine groups is 1. The van der Waals surface area contributed by atoms with Gasteiger partial charge in [0.2, 0.25) is 0 Å². The van der Waals surface area contributed by atoms with E-state index in [0.29, 0.717) is 10.9 Å². The Labute approximate surface area is 74.8 Å². The molecule has 0 saturated carbocycles. The van der Waals surface area contributed by atoms with Crippen molar-refractivity contribution in [3.8, 4) is 0 Å². The maximum absolute atomic E-state index is 8.80. The molecule has 1 aromatic carbocycles. The molecule has 0 amide bonds. The molecule has 0 fully saturated rings. The van der Waals surface area contributed by atoms with E-state index in [1.807, 2.05) is 6.07 Å². The average Bonchev–Trinajstić information content (AvgIpc) is 2.05. The normalized spacial score (nSPS) is 8.55. The van der Waals surface area contributed by atoms with Gasteiger partial charge in [0, 0.05) is 17.1 Å². The van der Waals surface area contributed by atoms with Gasteiger partial charge in [0.25, 0.3) is 0 Å². The number of rotatable bonds is 2. The second-order valence-corrected chi connectivity index (χ2v) is 1.75. The fraction of sp³-hybridized carbons (Fsp3) is 0. The molecule has 1 rings (SSSR count). The standard InChI is InChI=1S/C6H8N2O2.Fe/c9-7-8(10)6-4-2-1-3-5-6;/h1-5,7,9-10H;. The Morgan fingerprint density at radius 3 is 2.18 bits per heavy atom. The van der Waals surface area contributed by atoms with Crippen LogP contribution in [0.25, 0.3) is 0 Å². The Bertz CT molecular complexity index is 195. The van der Waals surface area contributed by atoms with Crippen molar-refractivity contribution in [2.24, 2.45) is 0 Å². The number of para-hydroxylation sites is 1. The number of anilines is 1. The fourth-order valence-corrected chi connectivity index (χ4v) is 0.627. The van der Waals surface area contributed by atoms with Crippen molar-refractivity contribution in [3.63, 3.8) is 0 Å². The van der Waals surface area contributed by atoms with Crippen LogP contribution >= 0.6 is 0 Å². The van der Waals surface area contributed by atoms with Crippen molar-refractivity contribution in [3.05, 3.63) is 30.3 Å². The molecular formula is C6H8FeN2O2. The summed E-state index contributed by atoms with van der Waals surface area (Å²) in [7, 11) is 0. The van der Waals surface area contributed by atoms with Crippen molar-refractivity contribution in [2.75, 3.05) is 5.17 Å². The quantitative estimate of drug-likeness (QED) is 0.483. The summed E-state index contributed by atoms with van der Waals surface area (Å²) in [5.41, 5.74) is 2.05. The maximum Gasteiger partial charge on any atom is 0.0844 e. The van der Waals surface area contributed by atoms with Crippen LogP contribution in [0.3, 0.4) is 0 Å². The number of benzene rings is 1. The van der Waals surface area contributed by atoms with Crippen molar-refractivity contribution < 1.29 is 27.5 Å². The van der Waals surface area contributed by atoms with Gasteiger partial charge >= 0.3 is 0 Å². The molecule has 0 saturated heterocycles. The molecule has 1 aromatic rings. The van der Waals surface area contributed by atoms with Crippen LogP contribution in [0.2, 0.25) is 0 Å². The fourth-order valence-electron chi connectivity index (χ4n) is 0.627. The largest absolute Gasteiger partial charge is 0.295 e. The summed E-state index contributed by atoms with van der Waals surface area (Å²) in [6.45, 7) is 0. The second-order valence-electron chi connectivity index (χ2n) is 1.75. The van der Waals surface area contributed by atoms with Crippen LogP contribution in [0, 0.1) is 0 Å². The second kappa shape index (κ2) is 5.12. The van der Waals surface area contributed by atoms with Gasteiger partial charge in [-0.05, 0) is 12.1 Å². The van der Waals surface area contributed by atoms with E-state index < -0.39 is 0 Å². The van der Waals surface area contributed by atoms with Crippen molar-refractivity contribution in [1.82, 2.24) is 5.59 Å². The summed E-state index contributed by atoms with van der Waals surface area (Å²) in [6, 6.07) is 8.59. The van der Waals surface area contributed by atoms with Gasteiger partial charge in [-0.3, -0.25) is 10.4 Å². The first-order valence-corrected chi connectivity index (χ1v) is 2.78. The molecule has 0 unspecified atom stereocenters. The molecule has 3 N–H and O–H groups in total. The zero-order chi connectivity index (χ0) is 7.40. The molecule has 0 heterocycles. The summed E-state index contributed by atoms with van der Waals surface area (Å²) in [4.78, 5) is 0. The molecule has 62 valence electrons. The van der Waals surface area contributed by atoms with E-state index in [-0.39, 0.29) is 17.1 Å². The monoisotopic (exact) mass is 196 g/mol. The SMILES string of the molecule is ONN(O)c1ccccc1.[Fe]. The molecule has 0 aliphatic heterocycles. The first kappa shape index (κ1) is 10.4. The minimum Gasteiger partial charge on any atom is -0.295 e. The Morgan fingerprint density at radius 1 is 1.18 bits per heavy atom. The Balaban J connectivity index is 0.000001000. The van der Waals surface area contributed by atoms with Crippen LogP contribution in [0.15, 0.2) is 30.3 Å². The molecule has 0 aliphatic carbocycles. The van der Waals surface area contributed by atoms with Crippen LogP contribution in [0.5, 0.6) is 0 Å². The van der Waals surface area contributed by atoms with Gasteiger partial charge in [-0.1, -0.05) is 23.8 Å². The predicted molar refractivity (Wildman–Crippen MR) is 35.6 cm³/mol. The van der Waals surface area contributed by atoms with Gasteiger partial charge in [-0.15, -0.1) is 0 Å². The zero-order valence-electron chi connectivity index (χ0n) is 5.58. The minimum atomic E-state index is 0. The van der Waals surface area contributed by atoms with Crippen molar-refractivity contribution in [1.29, 1.82) is 0 Å². The zero-order valence-corrected chi connectivity index (χ0v) is 6.69. The molecule has 0 aliphatic rings. The predicted octanol–water partition coefficient (Wildman–Crippen LogP) is 0.773. The average molecular weight is 196 g/mol. The van der Waals surface area contributed by atoms with Gasteiger partial charge in [0.1, 0.15) is 0 Å². The molecule has 11 heavy (non-hydrogen) atoms. The number of hydrogen-bond acceptors (Lipinski definition) is 4. The third-order valence-corrected chi connectivity index (χ3v) is 1.10. The summed E-state index contributed by atoms with van der Waals surface area (Å²) < 4.78 is 0. The van der Waals surface area contributed by atoms with E-state index in [0.717, 1.165) is 0 Å². The first-order chi connectivity index (χ1) is 4.84. The van der Waals surface area contributed by atoms with Gasteiger partial charge in [-0.2, -0.15) is 5.17 Å². The summed E-state index contributed by atoms with van der Waals surface area (Å²) in [5.74, 6) is 0. The van der Waals surface area contributed by atoms with Crippen molar-refractivity contribution >= 4 is 5.69 Å². The molecule has 0 atom stereocenters. The summed E-state index contributed by atoms with van der Waals surface area (Å²) >= 11 is 0. The topological polar surface area (TPSA) is 55.7 Å². The molecule has 5 heteroatoms. The molecule has 0 radical (unpaired) electrons. The number of nitrogens with zero attached hydrogens (tertiary/aromatic N) is 1.